The number of nitro benzene ring substituents is 2. The van der Waals surface area contributed by atoms with Gasteiger partial charge in [0.05, 0.1) is 30.4 Å². The van der Waals surface area contributed by atoms with Crippen LogP contribution in [-0.2, 0) is 19.7 Å². The molecule has 0 heterocycles. The molecule has 0 fully saturated rings. The first-order valence-electron chi connectivity index (χ1n) is 11.2. The molecule has 0 saturated carbocycles. The maximum atomic E-state index is 14.4. The zero-order valence-electron chi connectivity index (χ0n) is 20.1. The molecule has 4 unspecified atom stereocenters. The van der Waals surface area contributed by atoms with Crippen LogP contribution in [0.15, 0.2) is 104 Å². The van der Waals surface area contributed by atoms with E-state index >= 15 is 0 Å². The number of non-ortho nitro benzene ring substituents is 2. The van der Waals surface area contributed by atoms with Crippen LogP contribution in [-0.4, -0.2) is 45.6 Å². The molecular weight excluding hydrogens is 771 g/mol. The second-order valence-electron chi connectivity index (χ2n) is 8.63. The van der Waals surface area contributed by atoms with Gasteiger partial charge in [0.1, 0.15) is 0 Å². The number of thioether (sulfide) groups is 1. The van der Waals surface area contributed by atoms with Crippen molar-refractivity contribution in [2.45, 2.75) is 28.7 Å². The van der Waals surface area contributed by atoms with Crippen molar-refractivity contribution in [3.63, 3.8) is 0 Å². The van der Waals surface area contributed by atoms with E-state index in [4.69, 9.17) is 23.2 Å². The zero-order chi connectivity index (χ0) is 30.4. The summed E-state index contributed by atoms with van der Waals surface area (Å²) in [6.07, 6.45) is 7.83. The number of allylic oxidation sites excluding steroid dienone is 6. The fourth-order valence-electron chi connectivity index (χ4n) is 4.11. The number of nitrogens with zero attached hydrogens (tertiary/aromatic N) is 2. The van der Waals surface area contributed by atoms with Crippen molar-refractivity contribution in [1.29, 1.82) is 0 Å². The summed E-state index contributed by atoms with van der Waals surface area (Å²) >= 11 is 20.4. The number of alkyl halides is 2. The summed E-state index contributed by atoms with van der Waals surface area (Å²) in [4.78, 5) is 20.4. The molecule has 17 heteroatoms. The van der Waals surface area contributed by atoms with E-state index in [0.29, 0.717) is 20.7 Å². The lowest BCUT2D eigenvalue weighted by molar-refractivity contribution is -0.385. The van der Waals surface area contributed by atoms with Gasteiger partial charge in [-0.15, -0.1) is 35.0 Å². The van der Waals surface area contributed by atoms with E-state index in [0.717, 1.165) is 36.4 Å². The molecule has 216 valence electrons. The normalized spacial score (nSPS) is 26.2. The average molecular weight is 787 g/mol. The second kappa shape index (κ2) is 11.6. The van der Waals surface area contributed by atoms with E-state index in [-0.39, 0.29) is 0 Å². The van der Waals surface area contributed by atoms with Gasteiger partial charge in [-0.05, 0) is 36.4 Å². The molecule has 0 spiro atoms. The Balaban J connectivity index is 2.02. The number of hydrogen-bond acceptors (Lipinski definition) is 9. The number of hydrogen-bond donors (Lipinski definition) is 0. The molecule has 0 N–H and O–H groups in total. The van der Waals surface area contributed by atoms with Crippen molar-refractivity contribution in [2.24, 2.45) is 0 Å². The highest BCUT2D eigenvalue weighted by Gasteiger charge is 2.61. The molecular formula is C24H16Br2Cl2N2O8S3. The third-order valence-corrected chi connectivity index (χ3v) is 16.1. The molecule has 0 bridgehead atoms. The van der Waals surface area contributed by atoms with Crippen molar-refractivity contribution in [1.82, 2.24) is 0 Å². The lowest BCUT2D eigenvalue weighted by atomic mass is 10.1. The fraction of sp³-hybridized carbons (Fsp3) is 0.167. The van der Waals surface area contributed by atoms with Crippen LogP contribution in [0.3, 0.4) is 0 Å². The van der Waals surface area contributed by atoms with Crippen LogP contribution in [0.5, 0.6) is 0 Å². The highest BCUT2D eigenvalue weighted by Crippen LogP contribution is 2.57. The maximum Gasteiger partial charge on any atom is 0.270 e. The molecule has 10 nitrogen and oxygen atoms in total. The smallest absolute Gasteiger partial charge is 0.258 e. The Hall–Kier alpha value is -2.01. The highest BCUT2D eigenvalue weighted by molar-refractivity contribution is 9.12. The Kier molecular flexibility index (Phi) is 9.02. The van der Waals surface area contributed by atoms with Crippen molar-refractivity contribution in [2.75, 3.05) is 0 Å². The van der Waals surface area contributed by atoms with Gasteiger partial charge in [-0.2, -0.15) is 0 Å². The lowest BCUT2D eigenvalue weighted by Crippen LogP contribution is -2.52. The molecule has 0 aliphatic heterocycles. The van der Waals surface area contributed by atoms with Crippen LogP contribution in [0.25, 0.3) is 0 Å². The van der Waals surface area contributed by atoms with Crippen molar-refractivity contribution in [3.05, 3.63) is 114 Å². The molecule has 2 aromatic carbocycles. The van der Waals surface area contributed by atoms with Crippen LogP contribution >= 0.6 is 66.8 Å². The van der Waals surface area contributed by atoms with Crippen LogP contribution in [0.1, 0.15) is 0 Å². The van der Waals surface area contributed by atoms with Crippen LogP contribution < -0.4 is 0 Å². The summed E-state index contributed by atoms with van der Waals surface area (Å²) in [6.45, 7) is 0. The number of halogens is 4. The summed E-state index contributed by atoms with van der Waals surface area (Å²) < 4.78 is 53.8. The number of nitro groups is 2. The first kappa shape index (κ1) is 31.9. The molecule has 0 saturated heterocycles. The highest BCUT2D eigenvalue weighted by atomic mass is 79.9. The van der Waals surface area contributed by atoms with Gasteiger partial charge < -0.3 is 0 Å². The largest absolute Gasteiger partial charge is 0.270 e. The number of sulfone groups is 2. The van der Waals surface area contributed by atoms with Crippen LogP contribution in [0.2, 0.25) is 0 Å². The molecule has 41 heavy (non-hydrogen) atoms. The lowest BCUT2D eigenvalue weighted by Gasteiger charge is -2.43. The topological polar surface area (TPSA) is 155 Å². The summed E-state index contributed by atoms with van der Waals surface area (Å²) in [5.74, 6) is 0. The molecule has 2 aliphatic rings. The summed E-state index contributed by atoms with van der Waals surface area (Å²) in [6, 6.07) is 8.59. The third-order valence-electron chi connectivity index (χ3n) is 6.17. The number of rotatable bonds is 8. The van der Waals surface area contributed by atoms with Crippen molar-refractivity contribution < 1.29 is 26.7 Å². The zero-order valence-corrected chi connectivity index (χ0v) is 27.3. The van der Waals surface area contributed by atoms with Gasteiger partial charge in [-0.25, -0.2) is 16.8 Å². The molecule has 0 radical (unpaired) electrons. The molecule has 0 amide bonds. The van der Waals surface area contributed by atoms with E-state index in [1.807, 2.05) is 0 Å². The van der Waals surface area contributed by atoms with Gasteiger partial charge in [0.2, 0.25) is 0 Å². The minimum Gasteiger partial charge on any atom is -0.258 e. The molecule has 0 aromatic heterocycles. The first-order chi connectivity index (χ1) is 19.1. The monoisotopic (exact) mass is 784 g/mol. The van der Waals surface area contributed by atoms with Crippen LogP contribution in [0, 0.1) is 20.2 Å². The van der Waals surface area contributed by atoms with Gasteiger partial charge in [0.15, 0.2) is 27.8 Å². The van der Waals surface area contributed by atoms with Gasteiger partial charge in [0, 0.05) is 33.2 Å². The fourth-order valence-corrected chi connectivity index (χ4v) is 13.2. The molecule has 4 rings (SSSR count). The average Bonchev–Trinajstić information content (AvgIpc) is 2.91. The Morgan fingerprint density at radius 2 is 1.10 bits per heavy atom. The summed E-state index contributed by atoms with van der Waals surface area (Å²) in [5, 5.41) is 20.0. The molecule has 4 atom stereocenters. The molecule has 2 aliphatic carbocycles. The van der Waals surface area contributed by atoms with E-state index in [1.165, 1.54) is 48.6 Å². The Labute approximate surface area is 265 Å². The van der Waals surface area contributed by atoms with E-state index in [2.05, 4.69) is 31.9 Å². The summed E-state index contributed by atoms with van der Waals surface area (Å²) in [7, 11) is -9.43. The van der Waals surface area contributed by atoms with E-state index < -0.39 is 69.6 Å². The second-order valence-corrected chi connectivity index (χ2v) is 17.8. The predicted octanol–water partition coefficient (Wildman–Crippen LogP) is 6.79. The van der Waals surface area contributed by atoms with Crippen LogP contribution in [0.4, 0.5) is 11.4 Å². The Morgan fingerprint density at radius 3 is 1.41 bits per heavy atom. The standard InChI is InChI=1S/C24H16Br2Cl2N2O8S3/c25-15-7-9-23(21(27)11-15,40(35,36)19-5-1-3-17(13-19)29(31)32)39-24(10-8-16(26)12-22(24)28)41(37,38)20-6-2-4-18(14-20)30(33)34/h1-14,21-22H. The Morgan fingerprint density at radius 1 is 0.732 bits per heavy atom. The van der Waals surface area contributed by atoms with Gasteiger partial charge in [-0.1, -0.05) is 56.1 Å². The first-order valence-corrected chi connectivity index (χ1v) is 17.4. The maximum absolute atomic E-state index is 14.4. The van der Waals surface area contributed by atoms with Crippen molar-refractivity contribution >= 4 is 97.9 Å². The SMILES string of the molecule is O=[N+]([O-])c1cccc(S(=O)(=O)C2(SC3(S(=O)(=O)c4cccc([N+](=O)[O-])c4)C=CC(Br)=CC3Cl)C=CC(Br)=CC2Cl)c1. The van der Waals surface area contributed by atoms with E-state index in [9.17, 15) is 37.1 Å². The Bertz CT molecular complexity index is 1670. The van der Waals surface area contributed by atoms with Gasteiger partial charge in [0.25, 0.3) is 11.4 Å². The van der Waals surface area contributed by atoms with Gasteiger partial charge >= 0.3 is 0 Å². The predicted molar refractivity (Wildman–Crippen MR) is 165 cm³/mol. The van der Waals surface area contributed by atoms with Crippen molar-refractivity contribution in [3.8, 4) is 0 Å². The summed E-state index contributed by atoms with van der Waals surface area (Å²) in [5.41, 5.74) is -1.01. The minimum absolute atomic E-state index is 0.405. The van der Waals surface area contributed by atoms with E-state index in [1.54, 1.807) is 0 Å². The third kappa shape index (κ3) is 5.57. The number of benzene rings is 2. The quantitative estimate of drug-likeness (QED) is 0.160. The molecule has 2 aromatic rings. The minimum atomic E-state index is -4.71. The van der Waals surface area contributed by atoms with Gasteiger partial charge in [-0.3, -0.25) is 20.2 Å².